The molecule has 1 rings (SSSR count). The molecule has 1 fully saturated rings. The van der Waals surface area contributed by atoms with Gasteiger partial charge in [-0.2, -0.15) is 0 Å². The minimum atomic E-state index is -3.25. The normalized spacial score (nSPS) is 21.7. The number of nitrogens with one attached hydrogen (secondary N) is 1. The Labute approximate surface area is 96.7 Å². The van der Waals surface area contributed by atoms with Crippen LogP contribution in [0.5, 0.6) is 0 Å². The van der Waals surface area contributed by atoms with Crippen molar-refractivity contribution in [2.75, 3.05) is 32.6 Å². The summed E-state index contributed by atoms with van der Waals surface area (Å²) in [4.78, 5) is 0. The van der Waals surface area contributed by atoms with E-state index in [1.807, 2.05) is 0 Å². The van der Waals surface area contributed by atoms with Gasteiger partial charge in [-0.05, 0) is 19.4 Å². The van der Waals surface area contributed by atoms with Gasteiger partial charge in [-0.15, -0.1) is 12.4 Å². The molecule has 92 valence electrons. The SMILES string of the molecule is CN(C1CCNC1)S(=O)(=O)CCCF.Cl. The molecule has 0 spiro atoms. The maximum absolute atomic E-state index is 11.9. The van der Waals surface area contributed by atoms with Crippen molar-refractivity contribution >= 4 is 22.4 Å². The van der Waals surface area contributed by atoms with E-state index in [2.05, 4.69) is 5.32 Å². The van der Waals surface area contributed by atoms with Crippen LogP contribution in [0.4, 0.5) is 4.39 Å². The first-order chi connectivity index (χ1) is 6.58. The van der Waals surface area contributed by atoms with E-state index in [4.69, 9.17) is 0 Å². The fraction of sp³-hybridized carbons (Fsp3) is 1.00. The first-order valence-corrected chi connectivity index (χ1v) is 6.41. The lowest BCUT2D eigenvalue weighted by Gasteiger charge is -2.22. The van der Waals surface area contributed by atoms with Crippen molar-refractivity contribution in [3.8, 4) is 0 Å². The van der Waals surface area contributed by atoms with Crippen molar-refractivity contribution in [3.05, 3.63) is 0 Å². The Balaban J connectivity index is 0.00000196. The van der Waals surface area contributed by atoms with Gasteiger partial charge >= 0.3 is 0 Å². The van der Waals surface area contributed by atoms with Crippen LogP contribution in [0.2, 0.25) is 0 Å². The van der Waals surface area contributed by atoms with E-state index in [1.165, 1.54) is 4.31 Å². The molecular weight excluding hydrogens is 243 g/mol. The van der Waals surface area contributed by atoms with E-state index in [1.54, 1.807) is 7.05 Å². The molecule has 0 saturated carbocycles. The molecule has 0 aromatic rings. The van der Waals surface area contributed by atoms with Crippen molar-refractivity contribution in [2.24, 2.45) is 0 Å². The van der Waals surface area contributed by atoms with Crippen LogP contribution in [0.15, 0.2) is 0 Å². The van der Waals surface area contributed by atoms with Crippen LogP contribution in [0, 0.1) is 0 Å². The number of halogens is 2. The molecule has 4 nitrogen and oxygen atoms in total. The first-order valence-electron chi connectivity index (χ1n) is 4.80. The van der Waals surface area contributed by atoms with Crippen molar-refractivity contribution in [3.63, 3.8) is 0 Å². The van der Waals surface area contributed by atoms with Crippen molar-refractivity contribution in [2.45, 2.75) is 18.9 Å². The van der Waals surface area contributed by atoms with E-state index in [0.717, 1.165) is 13.0 Å². The minimum absolute atomic E-state index is 0. The van der Waals surface area contributed by atoms with Gasteiger partial charge in [0, 0.05) is 19.6 Å². The lowest BCUT2D eigenvalue weighted by Crippen LogP contribution is -2.39. The number of likely N-dealkylation sites (N-methyl/N-ethyl adjacent to an activating group) is 1. The number of alkyl halides is 1. The summed E-state index contributed by atoms with van der Waals surface area (Å²) in [5.41, 5.74) is 0. The second kappa shape index (κ2) is 6.62. The Kier molecular flexibility index (Phi) is 6.66. The quantitative estimate of drug-likeness (QED) is 0.778. The fourth-order valence-corrected chi connectivity index (χ4v) is 2.95. The van der Waals surface area contributed by atoms with Gasteiger partial charge in [0.15, 0.2) is 0 Å². The summed E-state index contributed by atoms with van der Waals surface area (Å²) in [6, 6.07) is 0.0413. The highest BCUT2D eigenvalue weighted by atomic mass is 35.5. The van der Waals surface area contributed by atoms with Crippen molar-refractivity contribution < 1.29 is 12.8 Å². The minimum Gasteiger partial charge on any atom is -0.315 e. The van der Waals surface area contributed by atoms with Gasteiger partial charge in [0.1, 0.15) is 0 Å². The van der Waals surface area contributed by atoms with Crippen molar-refractivity contribution in [1.29, 1.82) is 0 Å². The first kappa shape index (κ1) is 15.1. The second-order valence-electron chi connectivity index (χ2n) is 3.52. The van der Waals surface area contributed by atoms with Gasteiger partial charge in [-0.1, -0.05) is 0 Å². The Morgan fingerprint density at radius 3 is 2.67 bits per heavy atom. The highest BCUT2D eigenvalue weighted by Crippen LogP contribution is 2.11. The fourth-order valence-electron chi connectivity index (χ4n) is 1.56. The largest absolute Gasteiger partial charge is 0.315 e. The summed E-state index contributed by atoms with van der Waals surface area (Å²) in [6.07, 6.45) is 0.929. The Hall–Kier alpha value is 0.0900. The predicted octanol–water partition coefficient (Wildman–Crippen LogP) is 0.391. The van der Waals surface area contributed by atoms with Gasteiger partial charge in [-0.3, -0.25) is 4.39 Å². The Bertz CT molecular complexity index is 268. The molecule has 1 saturated heterocycles. The lowest BCUT2D eigenvalue weighted by molar-refractivity contribution is 0.384. The van der Waals surface area contributed by atoms with E-state index in [9.17, 15) is 12.8 Å². The van der Waals surface area contributed by atoms with Crippen LogP contribution in [-0.2, 0) is 10.0 Å². The van der Waals surface area contributed by atoms with Gasteiger partial charge < -0.3 is 5.32 Å². The Morgan fingerprint density at radius 2 is 2.20 bits per heavy atom. The highest BCUT2D eigenvalue weighted by molar-refractivity contribution is 7.89. The van der Waals surface area contributed by atoms with E-state index in [0.29, 0.717) is 6.54 Å². The second-order valence-corrected chi connectivity index (χ2v) is 5.67. The summed E-state index contributed by atoms with van der Waals surface area (Å²) >= 11 is 0. The summed E-state index contributed by atoms with van der Waals surface area (Å²) in [5.74, 6) is -0.0868. The standard InChI is InChI=1S/C8H17FN2O2S.ClH/c1-11(8-3-5-10-7-8)14(12,13)6-2-4-9;/h8,10H,2-7H2,1H3;1H. The summed E-state index contributed by atoms with van der Waals surface area (Å²) in [7, 11) is -1.68. The molecule has 1 aliphatic rings. The molecule has 0 amide bonds. The molecule has 0 aromatic heterocycles. The predicted molar refractivity (Wildman–Crippen MR) is 60.7 cm³/mol. The van der Waals surface area contributed by atoms with Crippen LogP contribution in [0.3, 0.4) is 0 Å². The van der Waals surface area contributed by atoms with Crippen molar-refractivity contribution in [1.82, 2.24) is 9.62 Å². The van der Waals surface area contributed by atoms with Gasteiger partial charge in [-0.25, -0.2) is 12.7 Å². The zero-order valence-electron chi connectivity index (χ0n) is 8.78. The number of hydrogen-bond donors (Lipinski definition) is 1. The maximum atomic E-state index is 11.9. The molecule has 1 heterocycles. The monoisotopic (exact) mass is 260 g/mol. The number of hydrogen-bond acceptors (Lipinski definition) is 3. The average Bonchev–Trinajstić information content (AvgIpc) is 2.66. The maximum Gasteiger partial charge on any atom is 0.214 e. The molecule has 0 bridgehead atoms. The third-order valence-electron chi connectivity index (χ3n) is 2.52. The molecule has 7 heteroatoms. The van der Waals surface area contributed by atoms with Crippen LogP contribution in [0.1, 0.15) is 12.8 Å². The van der Waals surface area contributed by atoms with Crippen LogP contribution in [-0.4, -0.2) is 51.3 Å². The summed E-state index contributed by atoms with van der Waals surface area (Å²) in [6.45, 7) is 0.981. The number of nitrogens with zero attached hydrogens (tertiary/aromatic N) is 1. The van der Waals surface area contributed by atoms with Crippen LogP contribution < -0.4 is 5.32 Å². The molecule has 0 radical (unpaired) electrons. The topological polar surface area (TPSA) is 49.4 Å². The molecule has 1 N–H and O–H groups in total. The average molecular weight is 261 g/mol. The third kappa shape index (κ3) is 4.22. The molecule has 0 aliphatic carbocycles. The molecular formula is C8H18ClFN2O2S. The van der Waals surface area contributed by atoms with Crippen LogP contribution in [0.25, 0.3) is 0 Å². The highest BCUT2D eigenvalue weighted by Gasteiger charge is 2.27. The van der Waals surface area contributed by atoms with Gasteiger partial charge in [0.2, 0.25) is 10.0 Å². The van der Waals surface area contributed by atoms with E-state index < -0.39 is 16.7 Å². The van der Waals surface area contributed by atoms with Gasteiger partial charge in [0.05, 0.1) is 12.4 Å². The summed E-state index contributed by atoms with van der Waals surface area (Å²) in [5, 5.41) is 3.10. The smallest absolute Gasteiger partial charge is 0.214 e. The van der Waals surface area contributed by atoms with Crippen LogP contribution >= 0.6 is 12.4 Å². The third-order valence-corrected chi connectivity index (χ3v) is 4.50. The molecule has 1 aliphatic heterocycles. The zero-order chi connectivity index (χ0) is 10.6. The van der Waals surface area contributed by atoms with Gasteiger partial charge in [0.25, 0.3) is 0 Å². The zero-order valence-corrected chi connectivity index (χ0v) is 10.4. The number of rotatable bonds is 5. The molecule has 1 atom stereocenters. The van der Waals surface area contributed by atoms with E-state index >= 15 is 0 Å². The summed E-state index contributed by atoms with van der Waals surface area (Å²) < 4.78 is 36.5. The Morgan fingerprint density at radius 1 is 1.53 bits per heavy atom. The molecule has 15 heavy (non-hydrogen) atoms. The lowest BCUT2D eigenvalue weighted by atomic mass is 10.3. The molecule has 1 unspecified atom stereocenters. The number of sulfonamides is 1. The molecule has 0 aromatic carbocycles. The van der Waals surface area contributed by atoms with E-state index in [-0.39, 0.29) is 30.6 Å².